The second kappa shape index (κ2) is 6.23. The topological polar surface area (TPSA) is 38.5 Å². The van der Waals surface area contributed by atoms with E-state index in [1.165, 1.54) is 19.3 Å². The maximum absolute atomic E-state index is 5.96. The molecule has 1 aliphatic heterocycles. The Bertz CT molecular complexity index is 601. The maximum Gasteiger partial charge on any atom is 0.209 e. The molecule has 2 aromatic rings. The summed E-state index contributed by atoms with van der Waals surface area (Å²) < 4.78 is 11.5. The van der Waals surface area contributed by atoms with Crippen LogP contribution in [-0.2, 0) is 11.3 Å². The van der Waals surface area contributed by atoms with Gasteiger partial charge >= 0.3 is 0 Å². The molecule has 4 rings (SSSR count). The van der Waals surface area contributed by atoms with E-state index < -0.39 is 0 Å². The van der Waals surface area contributed by atoms with Gasteiger partial charge in [-0.1, -0.05) is 30.3 Å². The molecule has 1 saturated carbocycles. The lowest BCUT2D eigenvalue weighted by Crippen LogP contribution is -2.31. The van der Waals surface area contributed by atoms with Crippen molar-refractivity contribution in [2.75, 3.05) is 19.8 Å². The van der Waals surface area contributed by atoms with E-state index in [-0.39, 0.29) is 0 Å². The lowest BCUT2D eigenvalue weighted by molar-refractivity contribution is 0.156. The first-order valence-corrected chi connectivity index (χ1v) is 8.20. The molecule has 1 aromatic carbocycles. The van der Waals surface area contributed by atoms with Gasteiger partial charge in [0.25, 0.3) is 0 Å². The first-order chi connectivity index (χ1) is 10.9. The SMILES string of the molecule is c1ccc(-c2cnc(CN(C[C@H]3CCOC3)C3CC3)o2)cc1. The van der Waals surface area contributed by atoms with Crippen molar-refractivity contribution in [1.29, 1.82) is 0 Å². The van der Waals surface area contributed by atoms with Crippen molar-refractivity contribution in [2.24, 2.45) is 5.92 Å². The van der Waals surface area contributed by atoms with Crippen LogP contribution in [-0.4, -0.2) is 35.7 Å². The molecule has 0 spiro atoms. The van der Waals surface area contributed by atoms with Crippen LogP contribution >= 0.6 is 0 Å². The van der Waals surface area contributed by atoms with Gasteiger partial charge in [-0.2, -0.15) is 0 Å². The molecule has 2 aliphatic rings. The molecule has 1 atom stereocenters. The van der Waals surface area contributed by atoms with Gasteiger partial charge in [0.15, 0.2) is 5.76 Å². The summed E-state index contributed by atoms with van der Waals surface area (Å²) in [5.41, 5.74) is 1.09. The number of oxazole rings is 1. The van der Waals surface area contributed by atoms with Crippen LogP contribution in [0.1, 0.15) is 25.2 Å². The minimum atomic E-state index is 0.671. The maximum atomic E-state index is 5.96. The van der Waals surface area contributed by atoms with Crippen LogP contribution in [0.3, 0.4) is 0 Å². The van der Waals surface area contributed by atoms with Crippen LogP contribution in [0.4, 0.5) is 0 Å². The van der Waals surface area contributed by atoms with E-state index in [2.05, 4.69) is 22.0 Å². The van der Waals surface area contributed by atoms with Gasteiger partial charge in [-0.25, -0.2) is 4.98 Å². The number of hydrogen-bond donors (Lipinski definition) is 0. The molecule has 0 unspecified atom stereocenters. The van der Waals surface area contributed by atoms with Crippen molar-refractivity contribution >= 4 is 0 Å². The lowest BCUT2D eigenvalue weighted by Gasteiger charge is -2.23. The van der Waals surface area contributed by atoms with E-state index in [4.69, 9.17) is 9.15 Å². The Labute approximate surface area is 131 Å². The zero-order chi connectivity index (χ0) is 14.8. The van der Waals surface area contributed by atoms with Gasteiger partial charge in [-0.15, -0.1) is 0 Å². The Hall–Kier alpha value is -1.65. The molecule has 1 aromatic heterocycles. The summed E-state index contributed by atoms with van der Waals surface area (Å²) in [6.07, 6.45) is 5.64. The molecule has 0 amide bonds. The molecule has 2 fully saturated rings. The summed E-state index contributed by atoms with van der Waals surface area (Å²) in [5, 5.41) is 0. The Morgan fingerprint density at radius 1 is 1.14 bits per heavy atom. The first kappa shape index (κ1) is 14.0. The largest absolute Gasteiger partial charge is 0.439 e. The van der Waals surface area contributed by atoms with E-state index in [0.717, 1.165) is 43.5 Å². The smallest absolute Gasteiger partial charge is 0.209 e. The standard InChI is InChI=1S/C18H22N2O2/c1-2-4-15(5-3-1)17-10-19-18(22-17)12-20(16-6-7-16)11-14-8-9-21-13-14/h1-5,10,14,16H,6-9,11-13H2/t14-/m1/s1. The third-order valence-electron chi connectivity index (χ3n) is 4.53. The number of rotatable bonds is 6. The third kappa shape index (κ3) is 3.23. The third-order valence-corrected chi connectivity index (χ3v) is 4.53. The minimum absolute atomic E-state index is 0.671. The van der Waals surface area contributed by atoms with Gasteiger partial charge in [-0.3, -0.25) is 4.90 Å². The van der Waals surface area contributed by atoms with E-state index in [0.29, 0.717) is 12.0 Å². The fourth-order valence-corrected chi connectivity index (χ4v) is 3.13. The summed E-state index contributed by atoms with van der Waals surface area (Å²) >= 11 is 0. The molecular formula is C18H22N2O2. The number of ether oxygens (including phenoxy) is 1. The second-order valence-corrected chi connectivity index (χ2v) is 6.37. The lowest BCUT2D eigenvalue weighted by atomic mass is 10.1. The number of nitrogens with zero attached hydrogens (tertiary/aromatic N) is 2. The normalized spacial score (nSPS) is 21.6. The van der Waals surface area contributed by atoms with Crippen molar-refractivity contribution in [3.63, 3.8) is 0 Å². The van der Waals surface area contributed by atoms with Crippen LogP contribution < -0.4 is 0 Å². The number of hydrogen-bond acceptors (Lipinski definition) is 4. The molecule has 116 valence electrons. The number of aromatic nitrogens is 1. The first-order valence-electron chi connectivity index (χ1n) is 8.20. The van der Waals surface area contributed by atoms with Crippen molar-refractivity contribution in [2.45, 2.75) is 31.8 Å². The summed E-state index contributed by atoms with van der Waals surface area (Å²) in [4.78, 5) is 7.01. The average molecular weight is 298 g/mol. The van der Waals surface area contributed by atoms with E-state index in [1.54, 1.807) is 0 Å². The zero-order valence-electron chi connectivity index (χ0n) is 12.8. The molecule has 0 N–H and O–H groups in total. The van der Waals surface area contributed by atoms with E-state index in [9.17, 15) is 0 Å². The highest BCUT2D eigenvalue weighted by Crippen LogP contribution is 2.31. The highest BCUT2D eigenvalue weighted by Gasteiger charge is 2.32. The van der Waals surface area contributed by atoms with Gasteiger partial charge in [0.1, 0.15) is 0 Å². The van der Waals surface area contributed by atoms with Crippen LogP contribution in [0.25, 0.3) is 11.3 Å². The van der Waals surface area contributed by atoms with Gasteiger partial charge in [0, 0.05) is 24.8 Å². The molecule has 1 aliphatic carbocycles. The van der Waals surface area contributed by atoms with Crippen LogP contribution in [0.2, 0.25) is 0 Å². The van der Waals surface area contributed by atoms with Gasteiger partial charge in [0.2, 0.25) is 5.89 Å². The second-order valence-electron chi connectivity index (χ2n) is 6.37. The Balaban J connectivity index is 1.43. The quantitative estimate of drug-likeness (QED) is 0.820. The number of benzene rings is 1. The fraction of sp³-hybridized carbons (Fsp3) is 0.500. The van der Waals surface area contributed by atoms with E-state index in [1.807, 2.05) is 24.4 Å². The molecule has 4 heteroatoms. The van der Waals surface area contributed by atoms with Crippen LogP contribution in [0, 0.1) is 5.92 Å². The molecule has 0 radical (unpaired) electrons. The summed E-state index contributed by atoms with van der Waals surface area (Å²) in [5.74, 6) is 2.35. The predicted molar refractivity (Wildman–Crippen MR) is 84.3 cm³/mol. The molecule has 4 nitrogen and oxygen atoms in total. The summed E-state index contributed by atoms with van der Waals surface area (Å²) in [6.45, 7) is 3.74. The fourth-order valence-electron chi connectivity index (χ4n) is 3.13. The zero-order valence-corrected chi connectivity index (χ0v) is 12.8. The van der Waals surface area contributed by atoms with Crippen LogP contribution in [0.5, 0.6) is 0 Å². The predicted octanol–water partition coefficient (Wildman–Crippen LogP) is 3.34. The van der Waals surface area contributed by atoms with Gasteiger partial charge in [-0.05, 0) is 25.2 Å². The average Bonchev–Trinajstić information content (AvgIpc) is 3.08. The Kier molecular flexibility index (Phi) is 3.95. The van der Waals surface area contributed by atoms with Crippen molar-refractivity contribution in [3.05, 3.63) is 42.4 Å². The van der Waals surface area contributed by atoms with Gasteiger partial charge in [0.05, 0.1) is 19.3 Å². The van der Waals surface area contributed by atoms with Gasteiger partial charge < -0.3 is 9.15 Å². The van der Waals surface area contributed by atoms with Crippen LogP contribution in [0.15, 0.2) is 40.9 Å². The molecular weight excluding hydrogens is 276 g/mol. The molecule has 22 heavy (non-hydrogen) atoms. The van der Waals surface area contributed by atoms with E-state index >= 15 is 0 Å². The van der Waals surface area contributed by atoms with Crippen molar-refractivity contribution in [1.82, 2.24) is 9.88 Å². The Morgan fingerprint density at radius 3 is 2.73 bits per heavy atom. The molecule has 2 heterocycles. The summed E-state index contributed by atoms with van der Waals surface area (Å²) in [7, 11) is 0. The Morgan fingerprint density at radius 2 is 2.00 bits per heavy atom. The monoisotopic (exact) mass is 298 g/mol. The minimum Gasteiger partial charge on any atom is -0.439 e. The van der Waals surface area contributed by atoms with Crippen molar-refractivity contribution < 1.29 is 9.15 Å². The highest BCUT2D eigenvalue weighted by molar-refractivity contribution is 5.55. The molecule has 0 bridgehead atoms. The molecule has 1 saturated heterocycles. The van der Waals surface area contributed by atoms with Crippen molar-refractivity contribution in [3.8, 4) is 11.3 Å². The summed E-state index contributed by atoms with van der Waals surface area (Å²) in [6, 6.07) is 10.9. The highest BCUT2D eigenvalue weighted by atomic mass is 16.5.